The molecule has 5 heteroatoms. The Morgan fingerprint density at radius 1 is 1.21 bits per heavy atom. The van der Waals surface area contributed by atoms with Gasteiger partial charge in [0.05, 0.1) is 13.2 Å². The van der Waals surface area contributed by atoms with E-state index in [2.05, 4.69) is 10.3 Å². The molecule has 1 N–H and O–H groups in total. The van der Waals surface area contributed by atoms with Gasteiger partial charge < -0.3 is 14.8 Å². The van der Waals surface area contributed by atoms with Crippen molar-refractivity contribution < 1.29 is 14.3 Å². The number of ether oxygens (including phenoxy) is 2. The first-order chi connectivity index (χ1) is 13.7. The van der Waals surface area contributed by atoms with Gasteiger partial charge in [-0.1, -0.05) is 19.1 Å². The van der Waals surface area contributed by atoms with Crippen LogP contribution in [0.3, 0.4) is 0 Å². The highest BCUT2D eigenvalue weighted by molar-refractivity contribution is 5.96. The Kier molecular flexibility index (Phi) is 4.98. The van der Waals surface area contributed by atoms with E-state index >= 15 is 0 Å². The van der Waals surface area contributed by atoms with Gasteiger partial charge in [-0.05, 0) is 53.9 Å². The summed E-state index contributed by atoms with van der Waals surface area (Å²) < 4.78 is 11.1. The molecule has 2 aromatic carbocycles. The highest BCUT2D eigenvalue weighted by Crippen LogP contribution is 2.37. The van der Waals surface area contributed by atoms with E-state index in [9.17, 15) is 4.79 Å². The number of rotatable bonds is 5. The summed E-state index contributed by atoms with van der Waals surface area (Å²) in [6.45, 7) is 2.51. The van der Waals surface area contributed by atoms with Gasteiger partial charge in [-0.2, -0.15) is 0 Å². The standard InChI is InChI=1S/C23H22N2O3/c1-3-21(15-5-4-6-18(11-15)27-2)25-23(26)16-7-8-20-19-9-10-24-13-17(19)14-28-22(20)12-16/h4-13,21H,3,14H2,1-2H3,(H,25,26). The molecule has 142 valence electrons. The van der Waals surface area contributed by atoms with Crippen molar-refractivity contribution in [2.75, 3.05) is 7.11 Å². The Hall–Kier alpha value is -3.34. The molecule has 4 rings (SSSR count). The average Bonchev–Trinajstić information content (AvgIpc) is 2.76. The topological polar surface area (TPSA) is 60.5 Å². The number of nitrogens with zero attached hydrogens (tertiary/aromatic N) is 1. The summed E-state index contributed by atoms with van der Waals surface area (Å²) in [5, 5.41) is 3.12. The van der Waals surface area contributed by atoms with Crippen LogP contribution in [0.4, 0.5) is 0 Å². The van der Waals surface area contributed by atoms with E-state index in [0.29, 0.717) is 12.2 Å². The molecule has 1 aliphatic heterocycles. The number of nitrogens with one attached hydrogen (secondary N) is 1. The van der Waals surface area contributed by atoms with Crippen LogP contribution < -0.4 is 14.8 Å². The first-order valence-electron chi connectivity index (χ1n) is 9.34. The van der Waals surface area contributed by atoms with E-state index in [-0.39, 0.29) is 11.9 Å². The largest absolute Gasteiger partial charge is 0.497 e. The fourth-order valence-electron chi connectivity index (χ4n) is 3.49. The lowest BCUT2D eigenvalue weighted by Gasteiger charge is -2.22. The third-order valence-electron chi connectivity index (χ3n) is 5.03. The minimum absolute atomic E-state index is 0.0913. The third-order valence-corrected chi connectivity index (χ3v) is 5.03. The van der Waals surface area contributed by atoms with Crippen molar-refractivity contribution in [3.8, 4) is 22.6 Å². The minimum atomic E-state index is -0.124. The van der Waals surface area contributed by atoms with Crippen LogP contribution in [0.25, 0.3) is 11.1 Å². The van der Waals surface area contributed by atoms with Crippen molar-refractivity contribution in [1.82, 2.24) is 10.3 Å². The van der Waals surface area contributed by atoms with E-state index in [4.69, 9.17) is 9.47 Å². The number of fused-ring (bicyclic) bond motifs is 3. The predicted molar refractivity (Wildman–Crippen MR) is 107 cm³/mol. The van der Waals surface area contributed by atoms with E-state index in [1.54, 1.807) is 13.3 Å². The van der Waals surface area contributed by atoms with E-state index in [1.165, 1.54) is 0 Å². The quantitative estimate of drug-likeness (QED) is 0.713. The van der Waals surface area contributed by atoms with Gasteiger partial charge in [0, 0.05) is 29.1 Å². The maximum Gasteiger partial charge on any atom is 0.251 e. The summed E-state index contributed by atoms with van der Waals surface area (Å²) in [6, 6.07) is 15.3. The molecule has 28 heavy (non-hydrogen) atoms. The van der Waals surface area contributed by atoms with Gasteiger partial charge in [0.2, 0.25) is 0 Å². The Labute approximate surface area is 164 Å². The Morgan fingerprint density at radius 3 is 2.93 bits per heavy atom. The summed E-state index contributed by atoms with van der Waals surface area (Å²) >= 11 is 0. The number of benzene rings is 2. The van der Waals surface area contributed by atoms with Crippen molar-refractivity contribution in [2.24, 2.45) is 0 Å². The number of carbonyl (C=O) groups is 1. The minimum Gasteiger partial charge on any atom is -0.497 e. The molecule has 0 saturated heterocycles. The zero-order valence-electron chi connectivity index (χ0n) is 15.9. The normalized spacial score (nSPS) is 12.9. The summed E-state index contributed by atoms with van der Waals surface area (Å²) in [7, 11) is 1.64. The van der Waals surface area contributed by atoms with Gasteiger partial charge in [-0.25, -0.2) is 0 Å². The Balaban J connectivity index is 1.57. The van der Waals surface area contributed by atoms with Crippen LogP contribution in [0, 0.1) is 0 Å². The third kappa shape index (κ3) is 3.43. The molecule has 0 saturated carbocycles. The van der Waals surface area contributed by atoms with Gasteiger partial charge >= 0.3 is 0 Å². The molecule has 0 radical (unpaired) electrons. The molecule has 1 aromatic heterocycles. The molecule has 1 amide bonds. The molecule has 0 aliphatic carbocycles. The maximum atomic E-state index is 12.9. The lowest BCUT2D eigenvalue weighted by atomic mass is 9.97. The number of hydrogen-bond donors (Lipinski definition) is 1. The maximum absolute atomic E-state index is 12.9. The van der Waals surface area contributed by atoms with Gasteiger partial charge in [-0.3, -0.25) is 9.78 Å². The van der Waals surface area contributed by atoms with Crippen molar-refractivity contribution in [2.45, 2.75) is 26.0 Å². The average molecular weight is 374 g/mol. The van der Waals surface area contributed by atoms with Crippen LogP contribution in [0.1, 0.15) is 40.9 Å². The second-order valence-electron chi connectivity index (χ2n) is 6.74. The van der Waals surface area contributed by atoms with Crippen molar-refractivity contribution >= 4 is 5.91 Å². The smallest absolute Gasteiger partial charge is 0.251 e. The van der Waals surface area contributed by atoms with E-state index in [0.717, 1.165) is 40.2 Å². The fraction of sp³-hybridized carbons (Fsp3) is 0.217. The lowest BCUT2D eigenvalue weighted by molar-refractivity contribution is 0.0935. The number of methoxy groups -OCH3 is 1. The molecule has 3 aromatic rings. The van der Waals surface area contributed by atoms with Crippen molar-refractivity contribution in [1.29, 1.82) is 0 Å². The Morgan fingerprint density at radius 2 is 2.11 bits per heavy atom. The van der Waals surface area contributed by atoms with Gasteiger partial charge in [-0.15, -0.1) is 0 Å². The van der Waals surface area contributed by atoms with Gasteiger partial charge in [0.15, 0.2) is 0 Å². The van der Waals surface area contributed by atoms with Crippen LogP contribution in [0.2, 0.25) is 0 Å². The van der Waals surface area contributed by atoms with Crippen LogP contribution >= 0.6 is 0 Å². The molecule has 0 spiro atoms. The van der Waals surface area contributed by atoms with Crippen LogP contribution in [-0.2, 0) is 6.61 Å². The summed E-state index contributed by atoms with van der Waals surface area (Å²) in [5.41, 5.74) is 4.74. The molecule has 1 atom stereocenters. The molecule has 1 aliphatic rings. The molecule has 0 bridgehead atoms. The summed E-state index contributed by atoms with van der Waals surface area (Å²) in [5.74, 6) is 1.38. The van der Waals surface area contributed by atoms with Crippen molar-refractivity contribution in [3.05, 3.63) is 77.6 Å². The molecule has 2 heterocycles. The molecular formula is C23H22N2O3. The number of hydrogen-bond acceptors (Lipinski definition) is 4. The number of pyridine rings is 1. The van der Waals surface area contributed by atoms with E-state index in [1.807, 2.05) is 61.7 Å². The van der Waals surface area contributed by atoms with Gasteiger partial charge in [0.1, 0.15) is 18.1 Å². The second kappa shape index (κ2) is 7.72. The fourth-order valence-corrected chi connectivity index (χ4v) is 3.49. The first kappa shape index (κ1) is 18.0. The van der Waals surface area contributed by atoms with Crippen LogP contribution in [0.5, 0.6) is 11.5 Å². The predicted octanol–water partition coefficient (Wildman–Crippen LogP) is 4.53. The van der Waals surface area contributed by atoms with E-state index < -0.39 is 0 Å². The van der Waals surface area contributed by atoms with Crippen LogP contribution in [0.15, 0.2) is 60.9 Å². The lowest BCUT2D eigenvalue weighted by Crippen LogP contribution is -2.28. The SMILES string of the molecule is CCC(NC(=O)c1ccc2c(c1)OCc1cnccc1-2)c1cccc(OC)c1. The molecular weight excluding hydrogens is 352 g/mol. The van der Waals surface area contributed by atoms with Crippen molar-refractivity contribution in [3.63, 3.8) is 0 Å². The van der Waals surface area contributed by atoms with Gasteiger partial charge in [0.25, 0.3) is 5.91 Å². The number of amides is 1. The first-order valence-corrected chi connectivity index (χ1v) is 9.34. The number of carbonyl (C=O) groups excluding carboxylic acids is 1. The summed E-state index contributed by atoms with van der Waals surface area (Å²) in [6.07, 6.45) is 4.37. The van der Waals surface area contributed by atoms with Crippen LogP contribution in [-0.4, -0.2) is 18.0 Å². The zero-order valence-corrected chi connectivity index (χ0v) is 15.9. The highest BCUT2D eigenvalue weighted by Gasteiger charge is 2.20. The zero-order chi connectivity index (χ0) is 19.5. The molecule has 0 fully saturated rings. The Bertz CT molecular complexity index is 1020. The monoisotopic (exact) mass is 374 g/mol. The molecule has 5 nitrogen and oxygen atoms in total. The second-order valence-corrected chi connectivity index (χ2v) is 6.74. The summed E-state index contributed by atoms with van der Waals surface area (Å²) in [4.78, 5) is 17.0. The number of aromatic nitrogens is 1. The highest BCUT2D eigenvalue weighted by atomic mass is 16.5. The molecule has 1 unspecified atom stereocenters.